The normalized spacial score (nSPS) is 9.90. The predicted molar refractivity (Wildman–Crippen MR) is 44.0 cm³/mol. The highest BCUT2D eigenvalue weighted by atomic mass is 32.1. The molecule has 56 valence electrons. The van der Waals surface area contributed by atoms with Gasteiger partial charge in [0.2, 0.25) is 0 Å². The Kier molecular flexibility index (Phi) is 2.24. The molecule has 0 atom stereocenters. The van der Waals surface area contributed by atoms with E-state index >= 15 is 0 Å². The molecule has 0 aliphatic carbocycles. The van der Waals surface area contributed by atoms with E-state index in [4.69, 9.17) is 5.84 Å². The minimum Gasteiger partial charge on any atom is -0.300 e. The number of nitrogens with two attached hydrogens (primary N) is 1. The van der Waals surface area contributed by atoms with Crippen LogP contribution in [0.25, 0.3) is 0 Å². The third kappa shape index (κ3) is 1.27. The first kappa shape index (κ1) is 7.50. The Bertz CT molecular complexity index is 219. The van der Waals surface area contributed by atoms with Crippen LogP contribution >= 0.6 is 11.3 Å². The average molecular weight is 157 g/mol. The summed E-state index contributed by atoms with van der Waals surface area (Å²) in [5.74, 6) is 5.18. The minimum atomic E-state index is 0.800. The van der Waals surface area contributed by atoms with Gasteiger partial charge < -0.3 is 0 Å². The summed E-state index contributed by atoms with van der Waals surface area (Å²) in [5.41, 5.74) is 3.67. The van der Waals surface area contributed by atoms with Crippen LogP contribution in [0.1, 0.15) is 17.5 Å². The molecule has 0 radical (unpaired) electrons. The van der Waals surface area contributed by atoms with E-state index in [9.17, 15) is 0 Å². The van der Waals surface area contributed by atoms with E-state index in [-0.39, 0.29) is 0 Å². The minimum absolute atomic E-state index is 0.800. The zero-order valence-electron chi connectivity index (χ0n) is 6.14. The van der Waals surface area contributed by atoms with Crippen molar-refractivity contribution in [3.63, 3.8) is 0 Å². The van der Waals surface area contributed by atoms with Crippen LogP contribution < -0.4 is 11.3 Å². The highest BCUT2D eigenvalue weighted by molar-refractivity contribution is 7.15. The van der Waals surface area contributed by atoms with E-state index in [0.29, 0.717) is 0 Å². The number of hydrogen-bond donors (Lipinski definition) is 2. The summed E-state index contributed by atoms with van der Waals surface area (Å²) in [6.45, 7) is 4.14. The Morgan fingerprint density at radius 2 is 2.40 bits per heavy atom. The van der Waals surface area contributed by atoms with E-state index in [0.717, 1.165) is 17.2 Å². The smallest absolute Gasteiger partial charge is 0.197 e. The fourth-order valence-corrected chi connectivity index (χ4v) is 1.63. The quantitative estimate of drug-likeness (QED) is 0.502. The van der Waals surface area contributed by atoms with Gasteiger partial charge in [0.05, 0.1) is 5.69 Å². The van der Waals surface area contributed by atoms with Gasteiger partial charge in [0, 0.05) is 4.88 Å². The van der Waals surface area contributed by atoms with Crippen LogP contribution in [-0.2, 0) is 6.42 Å². The van der Waals surface area contributed by atoms with E-state index in [2.05, 4.69) is 24.3 Å². The SMILES string of the molecule is CCc1nc(NN)sc1C. The van der Waals surface area contributed by atoms with Gasteiger partial charge in [-0.2, -0.15) is 0 Å². The Morgan fingerprint density at radius 1 is 1.70 bits per heavy atom. The van der Waals surface area contributed by atoms with Gasteiger partial charge in [0.25, 0.3) is 0 Å². The predicted octanol–water partition coefficient (Wildman–Crippen LogP) is 1.30. The second kappa shape index (κ2) is 2.98. The van der Waals surface area contributed by atoms with E-state index in [1.54, 1.807) is 11.3 Å². The molecule has 0 amide bonds. The number of hydrazine groups is 1. The lowest BCUT2D eigenvalue weighted by Gasteiger charge is -1.87. The van der Waals surface area contributed by atoms with E-state index in [1.165, 1.54) is 4.88 Å². The van der Waals surface area contributed by atoms with Gasteiger partial charge in [0.1, 0.15) is 0 Å². The van der Waals surface area contributed by atoms with Gasteiger partial charge >= 0.3 is 0 Å². The molecule has 0 aromatic carbocycles. The van der Waals surface area contributed by atoms with Gasteiger partial charge in [-0.3, -0.25) is 5.43 Å². The van der Waals surface area contributed by atoms with Crippen molar-refractivity contribution in [2.24, 2.45) is 5.84 Å². The van der Waals surface area contributed by atoms with Crippen molar-refractivity contribution in [1.29, 1.82) is 0 Å². The first-order valence-electron chi connectivity index (χ1n) is 3.20. The fourth-order valence-electron chi connectivity index (χ4n) is 0.818. The first-order valence-corrected chi connectivity index (χ1v) is 4.02. The lowest BCUT2D eigenvalue weighted by molar-refractivity contribution is 1.04. The molecule has 0 saturated carbocycles. The van der Waals surface area contributed by atoms with Crippen LogP contribution in [0.4, 0.5) is 5.13 Å². The maximum absolute atomic E-state index is 5.18. The lowest BCUT2D eigenvalue weighted by atomic mass is 10.3. The topological polar surface area (TPSA) is 50.9 Å². The summed E-state index contributed by atoms with van der Waals surface area (Å²) in [6.07, 6.45) is 0.976. The fraction of sp³-hybridized carbons (Fsp3) is 0.500. The maximum Gasteiger partial charge on any atom is 0.197 e. The van der Waals surface area contributed by atoms with Crippen LogP contribution in [0.5, 0.6) is 0 Å². The average Bonchev–Trinajstić information content (AvgIpc) is 2.30. The molecule has 1 rings (SSSR count). The van der Waals surface area contributed by atoms with Crippen LogP contribution in [0.2, 0.25) is 0 Å². The largest absolute Gasteiger partial charge is 0.300 e. The number of aromatic nitrogens is 1. The molecule has 4 heteroatoms. The van der Waals surface area contributed by atoms with Crippen molar-refractivity contribution in [3.05, 3.63) is 10.6 Å². The highest BCUT2D eigenvalue weighted by Gasteiger charge is 2.02. The molecular formula is C6H11N3S. The summed E-state index contributed by atoms with van der Waals surface area (Å²) >= 11 is 1.59. The summed E-state index contributed by atoms with van der Waals surface area (Å²) in [6, 6.07) is 0. The third-order valence-electron chi connectivity index (χ3n) is 1.35. The lowest BCUT2D eigenvalue weighted by Crippen LogP contribution is -2.05. The number of nitrogens with one attached hydrogen (secondary N) is 1. The molecule has 0 saturated heterocycles. The zero-order valence-corrected chi connectivity index (χ0v) is 6.96. The number of thiazole rings is 1. The number of rotatable bonds is 2. The Morgan fingerprint density at radius 3 is 2.70 bits per heavy atom. The second-order valence-corrected chi connectivity index (χ2v) is 3.22. The van der Waals surface area contributed by atoms with Crippen LogP contribution in [0, 0.1) is 6.92 Å². The maximum atomic E-state index is 5.18. The molecule has 0 aliphatic rings. The van der Waals surface area contributed by atoms with E-state index < -0.39 is 0 Å². The number of nitrogen functional groups attached to an aromatic ring is 1. The van der Waals surface area contributed by atoms with Crippen molar-refractivity contribution in [2.45, 2.75) is 20.3 Å². The molecule has 0 aliphatic heterocycles. The molecule has 10 heavy (non-hydrogen) atoms. The monoisotopic (exact) mass is 157 g/mol. The van der Waals surface area contributed by atoms with Crippen molar-refractivity contribution >= 4 is 16.5 Å². The number of anilines is 1. The van der Waals surface area contributed by atoms with Gasteiger partial charge in [-0.25, -0.2) is 10.8 Å². The van der Waals surface area contributed by atoms with Gasteiger partial charge in [-0.05, 0) is 13.3 Å². The van der Waals surface area contributed by atoms with Crippen LogP contribution in [0.3, 0.4) is 0 Å². The number of aryl methyl sites for hydroxylation is 2. The Balaban J connectivity index is 2.92. The van der Waals surface area contributed by atoms with Gasteiger partial charge in [0.15, 0.2) is 5.13 Å². The molecule has 0 fully saturated rings. The van der Waals surface area contributed by atoms with E-state index in [1.807, 2.05) is 0 Å². The Hall–Kier alpha value is -0.610. The molecule has 1 aromatic rings. The first-order chi connectivity index (χ1) is 4.77. The molecule has 0 bridgehead atoms. The molecule has 3 nitrogen and oxygen atoms in total. The summed E-state index contributed by atoms with van der Waals surface area (Å²) in [5, 5.41) is 0.800. The molecular weight excluding hydrogens is 146 g/mol. The summed E-state index contributed by atoms with van der Waals surface area (Å²) in [4.78, 5) is 5.47. The van der Waals surface area contributed by atoms with Crippen molar-refractivity contribution < 1.29 is 0 Å². The van der Waals surface area contributed by atoms with Crippen LogP contribution in [-0.4, -0.2) is 4.98 Å². The van der Waals surface area contributed by atoms with Crippen molar-refractivity contribution in [1.82, 2.24) is 4.98 Å². The van der Waals surface area contributed by atoms with Gasteiger partial charge in [-0.1, -0.05) is 6.92 Å². The van der Waals surface area contributed by atoms with Gasteiger partial charge in [-0.15, -0.1) is 11.3 Å². The molecule has 1 aromatic heterocycles. The third-order valence-corrected chi connectivity index (χ3v) is 2.30. The number of nitrogens with zero attached hydrogens (tertiary/aromatic N) is 1. The molecule has 3 N–H and O–H groups in total. The molecule has 0 unspecified atom stereocenters. The Labute approximate surface area is 64.2 Å². The summed E-state index contributed by atoms with van der Waals surface area (Å²) < 4.78 is 0. The molecule has 1 heterocycles. The highest BCUT2D eigenvalue weighted by Crippen LogP contribution is 2.20. The van der Waals surface area contributed by atoms with Crippen molar-refractivity contribution in [2.75, 3.05) is 5.43 Å². The second-order valence-electron chi connectivity index (χ2n) is 2.02. The number of hydrogen-bond acceptors (Lipinski definition) is 4. The van der Waals surface area contributed by atoms with Crippen LogP contribution in [0.15, 0.2) is 0 Å². The zero-order chi connectivity index (χ0) is 7.56. The summed E-state index contributed by atoms with van der Waals surface area (Å²) in [7, 11) is 0. The molecule has 0 spiro atoms. The standard InChI is InChI=1S/C6H11N3S/c1-3-5-4(2)10-6(8-5)9-7/h3,7H2,1-2H3,(H,8,9). The van der Waals surface area contributed by atoms with Crippen molar-refractivity contribution in [3.8, 4) is 0 Å².